The lowest BCUT2D eigenvalue weighted by Crippen LogP contribution is -2.39. The van der Waals surface area contributed by atoms with Crippen molar-refractivity contribution >= 4 is 5.97 Å². The molecule has 0 aromatic heterocycles. The Bertz CT molecular complexity index is 699. The molecule has 2 atom stereocenters. The number of hydrogen-bond acceptors (Lipinski definition) is 2. The first-order valence-corrected chi connectivity index (χ1v) is 7.87. The zero-order valence-corrected chi connectivity index (χ0v) is 13.1. The van der Waals surface area contributed by atoms with Gasteiger partial charge in [0.25, 0.3) is 0 Å². The summed E-state index contributed by atoms with van der Waals surface area (Å²) in [4.78, 5) is 13.6. The third-order valence-corrected chi connectivity index (χ3v) is 4.58. The number of hydrogen-bond donors (Lipinski definition) is 1. The summed E-state index contributed by atoms with van der Waals surface area (Å²) in [7, 11) is 0. The molecule has 1 aliphatic heterocycles. The van der Waals surface area contributed by atoms with E-state index in [4.69, 9.17) is 0 Å². The smallest absolute Gasteiger partial charge is 0.320 e. The van der Waals surface area contributed by atoms with Crippen molar-refractivity contribution in [2.75, 3.05) is 6.54 Å². The first-order chi connectivity index (χ1) is 11.1. The van der Waals surface area contributed by atoms with Crippen LogP contribution in [0.4, 0.5) is 4.39 Å². The molecule has 0 aliphatic carbocycles. The zero-order valence-electron chi connectivity index (χ0n) is 13.1. The van der Waals surface area contributed by atoms with Crippen LogP contribution in [0.3, 0.4) is 0 Å². The van der Waals surface area contributed by atoms with Crippen molar-refractivity contribution in [2.45, 2.75) is 31.8 Å². The van der Waals surface area contributed by atoms with E-state index in [0.29, 0.717) is 6.42 Å². The molecular formula is C19H20FNO2. The molecule has 0 amide bonds. The van der Waals surface area contributed by atoms with E-state index in [-0.39, 0.29) is 11.9 Å². The molecule has 0 saturated carbocycles. The van der Waals surface area contributed by atoms with Crippen LogP contribution in [0.5, 0.6) is 0 Å². The third kappa shape index (κ3) is 3.13. The van der Waals surface area contributed by atoms with E-state index in [1.54, 1.807) is 12.1 Å². The Labute approximate surface area is 135 Å². The van der Waals surface area contributed by atoms with Gasteiger partial charge in [0.05, 0.1) is 6.04 Å². The predicted molar refractivity (Wildman–Crippen MR) is 86.8 cm³/mol. The van der Waals surface area contributed by atoms with Gasteiger partial charge in [-0.05, 0) is 48.6 Å². The van der Waals surface area contributed by atoms with Crippen molar-refractivity contribution in [3.8, 4) is 0 Å². The van der Waals surface area contributed by atoms with Gasteiger partial charge in [0.2, 0.25) is 0 Å². The number of aliphatic carboxylic acids is 1. The highest BCUT2D eigenvalue weighted by Gasteiger charge is 2.37. The van der Waals surface area contributed by atoms with Crippen LogP contribution in [0, 0.1) is 12.7 Å². The number of nitrogens with zero attached hydrogens (tertiary/aromatic N) is 1. The van der Waals surface area contributed by atoms with Gasteiger partial charge in [-0.3, -0.25) is 9.69 Å². The number of likely N-dealkylation sites (tertiary alicyclic amines) is 1. The van der Waals surface area contributed by atoms with Crippen LogP contribution in [-0.4, -0.2) is 28.6 Å². The molecule has 1 saturated heterocycles. The first kappa shape index (κ1) is 15.7. The maximum Gasteiger partial charge on any atom is 0.320 e. The van der Waals surface area contributed by atoms with Gasteiger partial charge in [-0.1, -0.05) is 36.4 Å². The lowest BCUT2D eigenvalue weighted by Gasteiger charge is -2.33. The predicted octanol–water partition coefficient (Wildman–Crippen LogP) is 3.77. The van der Waals surface area contributed by atoms with Crippen LogP contribution in [-0.2, 0) is 4.79 Å². The molecule has 3 nitrogen and oxygen atoms in total. The second-order valence-corrected chi connectivity index (χ2v) is 6.04. The molecule has 1 fully saturated rings. The van der Waals surface area contributed by atoms with E-state index in [1.165, 1.54) is 12.1 Å². The van der Waals surface area contributed by atoms with Gasteiger partial charge in [-0.2, -0.15) is 0 Å². The summed E-state index contributed by atoms with van der Waals surface area (Å²) < 4.78 is 13.3. The molecule has 1 N–H and O–H groups in total. The summed E-state index contributed by atoms with van der Waals surface area (Å²) in [5.41, 5.74) is 3.11. The first-order valence-electron chi connectivity index (χ1n) is 7.87. The lowest BCUT2D eigenvalue weighted by molar-refractivity contribution is -0.142. The minimum absolute atomic E-state index is 0.166. The Morgan fingerprint density at radius 3 is 2.57 bits per heavy atom. The molecule has 0 spiro atoms. The van der Waals surface area contributed by atoms with Crippen LogP contribution >= 0.6 is 0 Å². The number of benzene rings is 2. The van der Waals surface area contributed by atoms with Crippen molar-refractivity contribution < 1.29 is 14.3 Å². The number of aryl methyl sites for hydroxylation is 1. The minimum Gasteiger partial charge on any atom is -0.480 e. The average Bonchev–Trinajstić information content (AvgIpc) is 3.01. The highest BCUT2D eigenvalue weighted by Crippen LogP contribution is 2.36. The number of halogens is 1. The quantitative estimate of drug-likeness (QED) is 0.934. The van der Waals surface area contributed by atoms with Gasteiger partial charge < -0.3 is 5.11 Å². The Morgan fingerprint density at radius 1 is 1.22 bits per heavy atom. The molecule has 23 heavy (non-hydrogen) atoms. The lowest BCUT2D eigenvalue weighted by atomic mass is 9.93. The third-order valence-electron chi connectivity index (χ3n) is 4.58. The number of carbonyl (C=O) groups is 1. The highest BCUT2D eigenvalue weighted by atomic mass is 19.1. The van der Waals surface area contributed by atoms with Gasteiger partial charge >= 0.3 is 5.97 Å². The van der Waals surface area contributed by atoms with Crippen LogP contribution in [0.2, 0.25) is 0 Å². The van der Waals surface area contributed by atoms with Crippen LogP contribution < -0.4 is 0 Å². The van der Waals surface area contributed by atoms with E-state index in [1.807, 2.05) is 36.1 Å². The maximum absolute atomic E-state index is 13.3. The highest BCUT2D eigenvalue weighted by molar-refractivity contribution is 5.74. The summed E-state index contributed by atoms with van der Waals surface area (Å²) in [6, 6.07) is 13.7. The molecule has 0 bridgehead atoms. The van der Waals surface area contributed by atoms with Gasteiger partial charge in [-0.15, -0.1) is 0 Å². The van der Waals surface area contributed by atoms with E-state index in [9.17, 15) is 14.3 Å². The molecule has 120 valence electrons. The van der Waals surface area contributed by atoms with Gasteiger partial charge in [0.1, 0.15) is 11.9 Å². The van der Waals surface area contributed by atoms with Crippen molar-refractivity contribution in [3.63, 3.8) is 0 Å². The number of carboxylic acids is 1. The fraction of sp³-hybridized carbons (Fsp3) is 0.316. The molecule has 2 aromatic rings. The van der Waals surface area contributed by atoms with E-state index >= 15 is 0 Å². The van der Waals surface area contributed by atoms with Gasteiger partial charge in [0.15, 0.2) is 0 Å². The van der Waals surface area contributed by atoms with E-state index in [2.05, 4.69) is 0 Å². The SMILES string of the molecule is Cc1ccccc1C(c1ccc(F)cc1)N1CCCC1C(=O)O. The number of rotatable bonds is 4. The molecule has 1 aliphatic rings. The molecule has 4 heteroatoms. The molecule has 2 aromatic carbocycles. The summed E-state index contributed by atoms with van der Waals surface area (Å²) in [5, 5.41) is 9.54. The summed E-state index contributed by atoms with van der Waals surface area (Å²) in [6.07, 6.45) is 1.51. The Kier molecular flexibility index (Phi) is 4.44. The van der Waals surface area contributed by atoms with Crippen LogP contribution in [0.25, 0.3) is 0 Å². The topological polar surface area (TPSA) is 40.5 Å². The van der Waals surface area contributed by atoms with Crippen molar-refractivity contribution in [2.24, 2.45) is 0 Å². The van der Waals surface area contributed by atoms with Crippen molar-refractivity contribution in [3.05, 3.63) is 71.0 Å². The molecule has 2 unspecified atom stereocenters. The summed E-state index contributed by atoms with van der Waals surface area (Å²) >= 11 is 0. The fourth-order valence-electron chi connectivity index (χ4n) is 3.45. The molecule has 1 heterocycles. The minimum atomic E-state index is -0.789. The second kappa shape index (κ2) is 6.50. The van der Waals surface area contributed by atoms with Crippen molar-refractivity contribution in [1.82, 2.24) is 4.90 Å². The Balaban J connectivity index is 2.08. The maximum atomic E-state index is 13.3. The zero-order chi connectivity index (χ0) is 16.4. The standard InChI is InChI=1S/C19H20FNO2/c1-13-5-2-3-6-16(13)18(14-8-10-15(20)11-9-14)21-12-4-7-17(21)19(22)23/h2-3,5-6,8-11,17-18H,4,7,12H2,1H3,(H,22,23). The van der Waals surface area contributed by atoms with Crippen LogP contribution in [0.1, 0.15) is 35.6 Å². The Morgan fingerprint density at radius 2 is 1.91 bits per heavy atom. The van der Waals surface area contributed by atoms with Crippen molar-refractivity contribution in [1.29, 1.82) is 0 Å². The monoisotopic (exact) mass is 313 g/mol. The van der Waals surface area contributed by atoms with Crippen LogP contribution in [0.15, 0.2) is 48.5 Å². The second-order valence-electron chi connectivity index (χ2n) is 6.04. The average molecular weight is 313 g/mol. The molecule has 3 rings (SSSR count). The summed E-state index contributed by atoms with van der Waals surface area (Å²) in [6.45, 7) is 2.76. The molecular weight excluding hydrogens is 293 g/mol. The van der Waals surface area contributed by atoms with E-state index in [0.717, 1.165) is 29.7 Å². The molecule has 0 radical (unpaired) electrons. The Hall–Kier alpha value is -2.20. The van der Waals surface area contributed by atoms with Gasteiger partial charge in [0, 0.05) is 6.54 Å². The largest absolute Gasteiger partial charge is 0.480 e. The number of carboxylic acid groups (broad SMARTS) is 1. The van der Waals surface area contributed by atoms with E-state index < -0.39 is 12.0 Å². The summed E-state index contributed by atoms with van der Waals surface area (Å²) in [5.74, 6) is -1.07. The van der Waals surface area contributed by atoms with Gasteiger partial charge in [-0.25, -0.2) is 4.39 Å². The fourth-order valence-corrected chi connectivity index (χ4v) is 3.45. The normalized spacial score (nSPS) is 19.7.